The molecule has 2 aromatic heterocycles. The van der Waals surface area contributed by atoms with Crippen LogP contribution >= 0.6 is 0 Å². The lowest BCUT2D eigenvalue weighted by atomic mass is 10.0. The summed E-state index contributed by atoms with van der Waals surface area (Å²) in [6, 6.07) is 1.79. The number of anilines is 1. The quantitative estimate of drug-likeness (QED) is 0.609. The molecule has 144 valence electrons. The van der Waals surface area contributed by atoms with E-state index in [1.807, 2.05) is 6.92 Å². The first-order valence-corrected chi connectivity index (χ1v) is 9.15. The molecule has 0 unspecified atom stereocenters. The number of nitrogens with zero attached hydrogens (tertiary/aromatic N) is 4. The van der Waals surface area contributed by atoms with E-state index in [-0.39, 0.29) is 18.9 Å². The molecule has 1 saturated heterocycles. The number of aromatic amines is 1. The summed E-state index contributed by atoms with van der Waals surface area (Å²) in [7, 11) is 0. The average Bonchev–Trinajstić information content (AvgIpc) is 2.97. The van der Waals surface area contributed by atoms with E-state index in [0.717, 1.165) is 26.2 Å². The second-order valence-electron chi connectivity index (χ2n) is 6.58. The van der Waals surface area contributed by atoms with Crippen LogP contribution in [-0.4, -0.2) is 70.9 Å². The zero-order valence-corrected chi connectivity index (χ0v) is 16.0. The molecule has 1 N–H and O–H groups in total. The smallest absolute Gasteiger partial charge is 0.340 e. The summed E-state index contributed by atoms with van der Waals surface area (Å²) in [6.07, 6.45) is 3.46. The van der Waals surface area contributed by atoms with Crippen LogP contribution in [0.3, 0.4) is 0 Å². The number of aromatic nitrogens is 3. The van der Waals surface area contributed by atoms with Gasteiger partial charge in [-0.25, -0.2) is 14.8 Å². The molecule has 0 spiro atoms. The number of esters is 1. The van der Waals surface area contributed by atoms with Gasteiger partial charge in [0.05, 0.1) is 24.3 Å². The monoisotopic (exact) mass is 371 g/mol. The second-order valence-corrected chi connectivity index (χ2v) is 6.58. The van der Waals surface area contributed by atoms with E-state index in [0.29, 0.717) is 28.5 Å². The van der Waals surface area contributed by atoms with E-state index in [4.69, 9.17) is 4.74 Å². The van der Waals surface area contributed by atoms with Crippen molar-refractivity contribution in [2.24, 2.45) is 0 Å². The number of ketones is 1. The number of ether oxygens (including phenoxy) is 1. The maximum atomic E-state index is 12.9. The van der Waals surface area contributed by atoms with E-state index in [9.17, 15) is 9.59 Å². The van der Waals surface area contributed by atoms with Gasteiger partial charge in [-0.05, 0) is 26.8 Å². The number of carbonyl (C=O) groups excluding carboxylic acids is 2. The van der Waals surface area contributed by atoms with Gasteiger partial charge in [-0.1, -0.05) is 0 Å². The van der Waals surface area contributed by atoms with Crippen LogP contribution in [0.25, 0.3) is 0 Å². The number of piperazine rings is 1. The maximum absolute atomic E-state index is 12.9. The Morgan fingerprint density at radius 2 is 1.70 bits per heavy atom. The number of hydrogen-bond acceptors (Lipinski definition) is 7. The topological polar surface area (TPSA) is 91.4 Å². The van der Waals surface area contributed by atoms with Crippen molar-refractivity contribution in [3.05, 3.63) is 41.0 Å². The summed E-state index contributed by atoms with van der Waals surface area (Å²) in [6.45, 7) is 8.89. The number of rotatable bonds is 6. The van der Waals surface area contributed by atoms with Crippen molar-refractivity contribution >= 4 is 17.7 Å². The predicted molar refractivity (Wildman–Crippen MR) is 101 cm³/mol. The van der Waals surface area contributed by atoms with Gasteiger partial charge < -0.3 is 14.6 Å². The van der Waals surface area contributed by atoms with Crippen molar-refractivity contribution in [1.29, 1.82) is 0 Å². The highest BCUT2D eigenvalue weighted by Crippen LogP contribution is 2.21. The van der Waals surface area contributed by atoms with E-state index in [1.54, 1.807) is 32.3 Å². The Morgan fingerprint density at radius 3 is 2.33 bits per heavy atom. The van der Waals surface area contributed by atoms with Gasteiger partial charge in [0.2, 0.25) is 5.95 Å². The molecule has 0 aliphatic carbocycles. The van der Waals surface area contributed by atoms with Gasteiger partial charge in [0.15, 0.2) is 5.78 Å². The predicted octanol–water partition coefficient (Wildman–Crippen LogP) is 1.60. The van der Waals surface area contributed by atoms with Crippen molar-refractivity contribution in [3.8, 4) is 0 Å². The Bertz CT molecular complexity index is 810. The number of Topliss-reactive ketones (excluding diaryl/α,β-unsaturated/α-hetero) is 1. The Morgan fingerprint density at radius 1 is 1.07 bits per heavy atom. The highest BCUT2D eigenvalue weighted by Gasteiger charge is 2.27. The number of H-pyrrole nitrogens is 1. The molecule has 0 aromatic carbocycles. The first kappa shape index (κ1) is 19.0. The van der Waals surface area contributed by atoms with E-state index in [2.05, 4.69) is 24.8 Å². The SMILES string of the molecule is CCOC(=O)c1c(C)[nH]c(C)c1C(=O)CN1CCN(c2ncccn2)CC1. The largest absolute Gasteiger partial charge is 0.462 e. The number of aryl methyl sites for hydroxylation is 2. The summed E-state index contributed by atoms with van der Waals surface area (Å²) in [5.74, 6) is 0.197. The van der Waals surface area contributed by atoms with Crippen LogP contribution in [0.5, 0.6) is 0 Å². The molecule has 0 saturated carbocycles. The zero-order valence-electron chi connectivity index (χ0n) is 16.0. The van der Waals surface area contributed by atoms with Gasteiger partial charge in [-0.15, -0.1) is 0 Å². The molecule has 3 rings (SSSR count). The normalized spacial score (nSPS) is 15.0. The summed E-state index contributed by atoms with van der Waals surface area (Å²) in [4.78, 5) is 41.0. The Hall–Kier alpha value is -2.74. The molecule has 2 aromatic rings. The molecule has 0 atom stereocenters. The fourth-order valence-electron chi connectivity index (χ4n) is 3.43. The molecule has 1 fully saturated rings. The number of hydrogen-bond donors (Lipinski definition) is 1. The van der Waals surface area contributed by atoms with Crippen LogP contribution in [0, 0.1) is 13.8 Å². The lowest BCUT2D eigenvalue weighted by Gasteiger charge is -2.34. The van der Waals surface area contributed by atoms with Gasteiger partial charge in [-0.3, -0.25) is 9.69 Å². The van der Waals surface area contributed by atoms with Gasteiger partial charge in [0.1, 0.15) is 0 Å². The molecule has 8 nitrogen and oxygen atoms in total. The van der Waals surface area contributed by atoms with Gasteiger partial charge in [0.25, 0.3) is 0 Å². The van der Waals surface area contributed by atoms with Crippen LogP contribution in [0.4, 0.5) is 5.95 Å². The van der Waals surface area contributed by atoms with Crippen molar-refractivity contribution in [3.63, 3.8) is 0 Å². The molecule has 1 aliphatic heterocycles. The zero-order chi connectivity index (χ0) is 19.4. The van der Waals surface area contributed by atoms with Crippen molar-refractivity contribution in [2.75, 3.05) is 44.2 Å². The first-order valence-electron chi connectivity index (χ1n) is 9.15. The summed E-state index contributed by atoms with van der Waals surface area (Å²) in [5, 5.41) is 0. The highest BCUT2D eigenvalue weighted by molar-refractivity contribution is 6.09. The van der Waals surface area contributed by atoms with Crippen LogP contribution in [-0.2, 0) is 4.74 Å². The van der Waals surface area contributed by atoms with Crippen LogP contribution in [0.2, 0.25) is 0 Å². The van der Waals surface area contributed by atoms with E-state index < -0.39 is 5.97 Å². The number of nitrogens with one attached hydrogen (secondary N) is 1. The number of carbonyl (C=O) groups is 2. The highest BCUT2D eigenvalue weighted by atomic mass is 16.5. The molecular weight excluding hydrogens is 346 g/mol. The summed E-state index contributed by atoms with van der Waals surface area (Å²) >= 11 is 0. The minimum absolute atomic E-state index is 0.0654. The molecular formula is C19H25N5O3. The standard InChI is InChI=1S/C19H25N5O3/c1-4-27-18(26)17-14(3)22-13(2)16(17)15(25)12-23-8-10-24(11-9-23)19-20-6-5-7-21-19/h5-7,22H,4,8-12H2,1-3H3. The van der Waals surface area contributed by atoms with E-state index in [1.165, 1.54) is 0 Å². The third-order valence-electron chi connectivity index (χ3n) is 4.71. The second kappa shape index (κ2) is 8.30. The van der Waals surface area contributed by atoms with Gasteiger partial charge in [-0.2, -0.15) is 0 Å². The average molecular weight is 371 g/mol. The Kier molecular flexibility index (Phi) is 5.85. The lowest BCUT2D eigenvalue weighted by Crippen LogP contribution is -2.48. The molecule has 0 bridgehead atoms. The third kappa shape index (κ3) is 4.16. The summed E-state index contributed by atoms with van der Waals surface area (Å²) in [5.41, 5.74) is 2.17. The van der Waals surface area contributed by atoms with Crippen LogP contribution < -0.4 is 4.90 Å². The molecule has 0 radical (unpaired) electrons. The molecule has 0 amide bonds. The minimum atomic E-state index is -0.450. The van der Waals surface area contributed by atoms with Crippen LogP contribution in [0.15, 0.2) is 18.5 Å². The Balaban J connectivity index is 1.66. The molecule has 27 heavy (non-hydrogen) atoms. The van der Waals surface area contributed by atoms with Crippen molar-refractivity contribution < 1.29 is 14.3 Å². The minimum Gasteiger partial charge on any atom is -0.462 e. The maximum Gasteiger partial charge on any atom is 0.340 e. The van der Waals surface area contributed by atoms with E-state index >= 15 is 0 Å². The molecule has 3 heterocycles. The van der Waals surface area contributed by atoms with Crippen molar-refractivity contribution in [1.82, 2.24) is 19.9 Å². The summed E-state index contributed by atoms with van der Waals surface area (Å²) < 4.78 is 5.12. The molecule has 8 heteroatoms. The van der Waals surface area contributed by atoms with Gasteiger partial charge >= 0.3 is 5.97 Å². The first-order chi connectivity index (χ1) is 13.0. The third-order valence-corrected chi connectivity index (χ3v) is 4.71. The molecule has 1 aliphatic rings. The van der Waals surface area contributed by atoms with Crippen LogP contribution in [0.1, 0.15) is 39.0 Å². The lowest BCUT2D eigenvalue weighted by molar-refractivity contribution is 0.0522. The fraction of sp³-hybridized carbons (Fsp3) is 0.474. The van der Waals surface area contributed by atoms with Gasteiger partial charge in [0, 0.05) is 50.0 Å². The fourth-order valence-corrected chi connectivity index (χ4v) is 3.43. The Labute approximate surface area is 158 Å². The van der Waals surface area contributed by atoms with Crippen molar-refractivity contribution in [2.45, 2.75) is 20.8 Å².